The molecule has 158 valence electrons. The number of hydrogen-bond acceptors (Lipinski definition) is 5. The molecule has 0 saturated carbocycles. The molecule has 4 rings (SSSR count). The third-order valence-corrected chi connectivity index (χ3v) is 7.75. The third-order valence-electron chi connectivity index (χ3n) is 4.61. The van der Waals surface area contributed by atoms with E-state index in [4.69, 9.17) is 11.6 Å². The lowest BCUT2D eigenvalue weighted by Crippen LogP contribution is -2.35. The molecule has 4 aromatic rings. The number of carbonyl (C=O) groups is 1. The van der Waals surface area contributed by atoms with Gasteiger partial charge in [-0.2, -0.15) is 4.31 Å². The van der Waals surface area contributed by atoms with E-state index in [1.165, 1.54) is 42.6 Å². The molecule has 1 amide bonds. The Balaban J connectivity index is 1.53. The van der Waals surface area contributed by atoms with E-state index in [0.29, 0.717) is 10.7 Å². The number of halogens is 1. The van der Waals surface area contributed by atoms with Gasteiger partial charge in [0.05, 0.1) is 27.3 Å². The Labute approximate surface area is 189 Å². The average Bonchev–Trinajstić information content (AvgIpc) is 3.18. The normalized spacial score (nSPS) is 11.7. The lowest BCUT2D eigenvalue weighted by atomic mass is 10.2. The van der Waals surface area contributed by atoms with Gasteiger partial charge in [-0.25, -0.2) is 13.4 Å². The van der Waals surface area contributed by atoms with Gasteiger partial charge in [0.25, 0.3) is 0 Å². The van der Waals surface area contributed by atoms with Crippen LogP contribution in [0.3, 0.4) is 0 Å². The number of likely N-dealkylation sites (N-methyl/N-ethyl adjacent to an activating group) is 1. The molecule has 0 fully saturated rings. The smallest absolute Gasteiger partial charge is 0.243 e. The van der Waals surface area contributed by atoms with Crippen molar-refractivity contribution in [3.8, 4) is 10.6 Å². The molecule has 6 nitrogen and oxygen atoms in total. The van der Waals surface area contributed by atoms with Gasteiger partial charge in [0.15, 0.2) is 0 Å². The quantitative estimate of drug-likeness (QED) is 0.435. The van der Waals surface area contributed by atoms with Crippen molar-refractivity contribution in [2.75, 3.05) is 18.9 Å². The molecular weight excluding hydrogens is 454 g/mol. The number of anilines is 1. The molecule has 0 aliphatic heterocycles. The minimum Gasteiger partial charge on any atom is -0.324 e. The minimum absolute atomic E-state index is 0.0714. The number of aromatic nitrogens is 1. The van der Waals surface area contributed by atoms with Crippen LogP contribution in [0.4, 0.5) is 5.69 Å². The highest BCUT2D eigenvalue weighted by Gasteiger charge is 2.23. The van der Waals surface area contributed by atoms with E-state index in [1.54, 1.807) is 12.1 Å². The summed E-state index contributed by atoms with van der Waals surface area (Å²) >= 11 is 7.36. The minimum atomic E-state index is -3.82. The molecule has 1 N–H and O–H groups in total. The molecular formula is C22H18ClN3O3S2. The van der Waals surface area contributed by atoms with E-state index in [1.807, 2.05) is 36.4 Å². The van der Waals surface area contributed by atoms with E-state index in [2.05, 4.69) is 10.3 Å². The molecule has 1 aromatic heterocycles. The zero-order chi connectivity index (χ0) is 22.0. The van der Waals surface area contributed by atoms with Crippen molar-refractivity contribution in [2.24, 2.45) is 0 Å². The summed E-state index contributed by atoms with van der Waals surface area (Å²) in [6, 6.07) is 21.0. The SMILES string of the molecule is CN(CC(=O)Nc1ccccc1-c1nc2ccccc2s1)S(=O)(=O)c1ccc(Cl)cc1. The summed E-state index contributed by atoms with van der Waals surface area (Å²) in [7, 11) is -2.46. The maximum atomic E-state index is 12.7. The highest BCUT2D eigenvalue weighted by Crippen LogP contribution is 2.34. The summed E-state index contributed by atoms with van der Waals surface area (Å²) in [5.74, 6) is -0.450. The summed E-state index contributed by atoms with van der Waals surface area (Å²) in [5.41, 5.74) is 2.24. The second-order valence-electron chi connectivity index (χ2n) is 6.80. The number of rotatable bonds is 6. The first-order valence-electron chi connectivity index (χ1n) is 9.31. The fourth-order valence-electron chi connectivity index (χ4n) is 3.03. The van der Waals surface area contributed by atoms with Crippen molar-refractivity contribution in [3.05, 3.63) is 77.8 Å². The first-order chi connectivity index (χ1) is 14.8. The Hall–Kier alpha value is -2.78. The van der Waals surface area contributed by atoms with Crippen LogP contribution in [-0.2, 0) is 14.8 Å². The molecule has 1 heterocycles. The van der Waals surface area contributed by atoms with Gasteiger partial charge in [-0.05, 0) is 48.5 Å². The van der Waals surface area contributed by atoms with E-state index in [9.17, 15) is 13.2 Å². The number of nitrogens with zero attached hydrogens (tertiary/aromatic N) is 2. The molecule has 0 bridgehead atoms. The number of carbonyl (C=O) groups excluding carboxylic acids is 1. The summed E-state index contributed by atoms with van der Waals surface area (Å²) in [6.45, 7) is -0.334. The van der Waals surface area contributed by atoms with Gasteiger partial charge < -0.3 is 5.32 Å². The predicted octanol–water partition coefficient (Wildman–Crippen LogP) is 4.88. The van der Waals surface area contributed by atoms with E-state index in [-0.39, 0.29) is 11.4 Å². The maximum Gasteiger partial charge on any atom is 0.243 e. The van der Waals surface area contributed by atoms with Crippen LogP contribution in [0.5, 0.6) is 0 Å². The molecule has 0 saturated heterocycles. The Morgan fingerprint density at radius 3 is 2.45 bits per heavy atom. The van der Waals surface area contributed by atoms with Gasteiger partial charge >= 0.3 is 0 Å². The molecule has 0 spiro atoms. The first-order valence-corrected chi connectivity index (χ1v) is 11.9. The van der Waals surface area contributed by atoms with Crippen molar-refractivity contribution < 1.29 is 13.2 Å². The number of para-hydroxylation sites is 2. The van der Waals surface area contributed by atoms with Crippen LogP contribution in [-0.4, -0.2) is 37.2 Å². The van der Waals surface area contributed by atoms with E-state index >= 15 is 0 Å². The molecule has 3 aromatic carbocycles. The van der Waals surface area contributed by atoms with Gasteiger partial charge in [-0.3, -0.25) is 4.79 Å². The number of nitrogens with one attached hydrogen (secondary N) is 1. The predicted molar refractivity (Wildman–Crippen MR) is 125 cm³/mol. The molecule has 31 heavy (non-hydrogen) atoms. The van der Waals surface area contributed by atoms with Crippen LogP contribution in [0.25, 0.3) is 20.8 Å². The molecule has 0 unspecified atom stereocenters. The number of amides is 1. The van der Waals surface area contributed by atoms with Crippen LogP contribution in [0.2, 0.25) is 5.02 Å². The van der Waals surface area contributed by atoms with Crippen molar-refractivity contribution in [3.63, 3.8) is 0 Å². The first kappa shape index (κ1) is 21.5. The number of sulfonamides is 1. The highest BCUT2D eigenvalue weighted by molar-refractivity contribution is 7.89. The zero-order valence-electron chi connectivity index (χ0n) is 16.4. The summed E-state index contributed by atoms with van der Waals surface area (Å²) in [6.07, 6.45) is 0. The van der Waals surface area contributed by atoms with Crippen LogP contribution in [0.15, 0.2) is 77.7 Å². The van der Waals surface area contributed by atoms with Gasteiger partial charge in [0.2, 0.25) is 15.9 Å². The summed E-state index contributed by atoms with van der Waals surface area (Å²) < 4.78 is 27.5. The Kier molecular flexibility index (Phi) is 6.06. The van der Waals surface area contributed by atoms with E-state index < -0.39 is 15.9 Å². The lowest BCUT2D eigenvalue weighted by Gasteiger charge is -2.17. The standard InChI is InChI=1S/C22H18ClN3O3S2/c1-26(31(28,29)16-12-10-15(23)11-13-16)14-21(27)24-18-7-3-2-6-17(18)22-25-19-8-4-5-9-20(19)30-22/h2-13H,14H2,1H3,(H,24,27). The van der Waals surface area contributed by atoms with Gasteiger partial charge in [-0.15, -0.1) is 11.3 Å². The van der Waals surface area contributed by atoms with Crippen molar-refractivity contribution in [1.82, 2.24) is 9.29 Å². The molecule has 0 atom stereocenters. The maximum absolute atomic E-state index is 12.7. The molecule has 0 radical (unpaired) electrons. The number of benzene rings is 3. The third kappa shape index (κ3) is 4.62. The Bertz CT molecular complexity index is 1320. The van der Waals surface area contributed by atoms with Crippen molar-refractivity contribution in [1.29, 1.82) is 0 Å². The van der Waals surface area contributed by atoms with Gasteiger partial charge in [-0.1, -0.05) is 35.9 Å². The van der Waals surface area contributed by atoms with Crippen LogP contribution < -0.4 is 5.32 Å². The van der Waals surface area contributed by atoms with Crippen LogP contribution in [0.1, 0.15) is 0 Å². The number of thiazole rings is 1. The molecule has 9 heteroatoms. The van der Waals surface area contributed by atoms with Crippen molar-refractivity contribution >= 4 is 54.8 Å². The monoisotopic (exact) mass is 471 g/mol. The average molecular weight is 472 g/mol. The van der Waals surface area contributed by atoms with Gasteiger partial charge in [0, 0.05) is 17.6 Å². The van der Waals surface area contributed by atoms with E-state index in [0.717, 1.165) is 25.1 Å². The molecule has 0 aliphatic rings. The number of fused-ring (bicyclic) bond motifs is 1. The van der Waals surface area contributed by atoms with Crippen molar-refractivity contribution in [2.45, 2.75) is 4.90 Å². The summed E-state index contributed by atoms with van der Waals surface area (Å²) in [5, 5.41) is 4.03. The second kappa shape index (κ2) is 8.76. The zero-order valence-corrected chi connectivity index (χ0v) is 18.8. The number of hydrogen-bond donors (Lipinski definition) is 1. The second-order valence-corrected chi connectivity index (χ2v) is 10.3. The van der Waals surface area contributed by atoms with Gasteiger partial charge in [0.1, 0.15) is 5.01 Å². The topological polar surface area (TPSA) is 79.4 Å². The summed E-state index contributed by atoms with van der Waals surface area (Å²) in [4.78, 5) is 17.4. The lowest BCUT2D eigenvalue weighted by molar-refractivity contribution is -0.116. The fraction of sp³-hybridized carbons (Fsp3) is 0.0909. The fourth-order valence-corrected chi connectivity index (χ4v) is 5.29. The van der Waals surface area contributed by atoms with Crippen LogP contribution >= 0.6 is 22.9 Å². The molecule has 0 aliphatic carbocycles. The Morgan fingerprint density at radius 2 is 1.71 bits per heavy atom. The van der Waals surface area contributed by atoms with Crippen LogP contribution in [0, 0.1) is 0 Å². The Morgan fingerprint density at radius 1 is 1.03 bits per heavy atom. The largest absolute Gasteiger partial charge is 0.324 e. The highest BCUT2D eigenvalue weighted by atomic mass is 35.5.